The highest BCUT2D eigenvalue weighted by atomic mass is 32.2. The number of ether oxygens (including phenoxy) is 1. The Balaban J connectivity index is 1.40. The number of nitrogens with zero attached hydrogens (tertiary/aromatic N) is 4. The van der Waals surface area contributed by atoms with Crippen molar-refractivity contribution in [3.63, 3.8) is 0 Å². The number of carbonyl (C=O) groups excluding carboxylic acids is 1. The number of fused-ring (bicyclic) bond motifs is 1. The molecule has 0 spiro atoms. The van der Waals surface area contributed by atoms with Crippen molar-refractivity contribution in [3.8, 4) is 17.1 Å². The fraction of sp³-hybridized carbons (Fsp3) is 0.143. The summed E-state index contributed by atoms with van der Waals surface area (Å²) in [6, 6.07) is 16.2. The number of alkyl halides is 3. The maximum Gasteiger partial charge on any atom is 0.573 e. The number of hydrogen-bond acceptors (Lipinski definition) is 6. The lowest BCUT2D eigenvalue weighted by molar-refractivity contribution is -0.274. The lowest BCUT2D eigenvalue weighted by Gasteiger charge is -2.10. The molecule has 0 aliphatic rings. The Labute approximate surface area is 184 Å². The van der Waals surface area contributed by atoms with Crippen LogP contribution < -0.4 is 10.1 Å². The molecule has 4 rings (SSSR count). The summed E-state index contributed by atoms with van der Waals surface area (Å²) in [4.78, 5) is 12.2. The predicted octanol–water partition coefficient (Wildman–Crippen LogP) is 4.73. The first kappa shape index (κ1) is 21.6. The second-order valence-electron chi connectivity index (χ2n) is 6.74. The molecule has 11 heteroatoms. The fourth-order valence-corrected chi connectivity index (χ4v) is 3.46. The zero-order valence-electron chi connectivity index (χ0n) is 16.6. The van der Waals surface area contributed by atoms with Gasteiger partial charge in [-0.3, -0.25) is 4.79 Å². The van der Waals surface area contributed by atoms with Gasteiger partial charge in [-0.15, -0.1) is 23.4 Å². The molecule has 0 fully saturated rings. The highest BCUT2D eigenvalue weighted by Gasteiger charge is 2.30. The van der Waals surface area contributed by atoms with Gasteiger partial charge in [0.15, 0.2) is 11.5 Å². The van der Waals surface area contributed by atoms with Crippen LogP contribution >= 0.6 is 11.8 Å². The van der Waals surface area contributed by atoms with Crippen molar-refractivity contribution in [1.29, 1.82) is 0 Å². The second-order valence-corrected chi connectivity index (χ2v) is 7.74. The van der Waals surface area contributed by atoms with Crippen LogP contribution in [-0.4, -0.2) is 37.8 Å². The summed E-state index contributed by atoms with van der Waals surface area (Å²) < 4.78 is 42.1. The summed E-state index contributed by atoms with van der Waals surface area (Å²) in [6.07, 6.45) is -4.76. The van der Waals surface area contributed by atoms with Crippen molar-refractivity contribution in [2.24, 2.45) is 0 Å². The Hall–Kier alpha value is -3.60. The SMILES string of the molecule is Cc1ccc(-c2nnc3ccc(SCC(=O)Nc4ccc(OC(F)(F)F)cc4)nn23)cc1. The summed E-state index contributed by atoms with van der Waals surface area (Å²) in [5.74, 6) is -0.0425. The quantitative estimate of drug-likeness (QED) is 0.420. The summed E-state index contributed by atoms with van der Waals surface area (Å²) in [6.45, 7) is 1.99. The monoisotopic (exact) mass is 459 g/mol. The molecule has 0 unspecified atom stereocenters. The zero-order chi connectivity index (χ0) is 22.7. The van der Waals surface area contributed by atoms with Gasteiger partial charge in [-0.1, -0.05) is 41.6 Å². The van der Waals surface area contributed by atoms with E-state index in [0.717, 1.165) is 23.3 Å². The number of aromatic nitrogens is 4. The minimum absolute atomic E-state index is 0.0568. The van der Waals surface area contributed by atoms with E-state index in [1.54, 1.807) is 16.6 Å². The first-order valence-electron chi connectivity index (χ1n) is 9.35. The molecular formula is C21H16F3N5O2S. The van der Waals surface area contributed by atoms with Crippen LogP contribution in [0.15, 0.2) is 65.7 Å². The van der Waals surface area contributed by atoms with Gasteiger partial charge in [0.25, 0.3) is 0 Å². The molecule has 0 saturated heterocycles. The van der Waals surface area contributed by atoms with Crippen LogP contribution in [0, 0.1) is 6.92 Å². The van der Waals surface area contributed by atoms with E-state index in [1.807, 2.05) is 31.2 Å². The second kappa shape index (κ2) is 8.87. The van der Waals surface area contributed by atoms with E-state index in [0.29, 0.717) is 22.2 Å². The number of aryl methyl sites for hydroxylation is 1. The van der Waals surface area contributed by atoms with Gasteiger partial charge in [0.2, 0.25) is 5.91 Å². The van der Waals surface area contributed by atoms with Crippen molar-refractivity contribution in [3.05, 3.63) is 66.2 Å². The number of carbonyl (C=O) groups is 1. The summed E-state index contributed by atoms with van der Waals surface area (Å²) >= 11 is 1.21. The van der Waals surface area contributed by atoms with Gasteiger partial charge in [-0.05, 0) is 43.3 Å². The normalized spacial score (nSPS) is 11.5. The molecule has 0 bridgehead atoms. The molecule has 1 N–H and O–H groups in total. The average Bonchev–Trinajstić information content (AvgIpc) is 3.16. The van der Waals surface area contributed by atoms with E-state index in [1.165, 1.54) is 23.9 Å². The highest BCUT2D eigenvalue weighted by Crippen LogP contribution is 2.25. The van der Waals surface area contributed by atoms with E-state index in [4.69, 9.17) is 0 Å². The van der Waals surface area contributed by atoms with Crippen molar-refractivity contribution >= 4 is 29.0 Å². The largest absolute Gasteiger partial charge is 0.573 e. The molecule has 164 valence electrons. The topological polar surface area (TPSA) is 81.4 Å². The van der Waals surface area contributed by atoms with Gasteiger partial charge in [0, 0.05) is 11.3 Å². The molecule has 32 heavy (non-hydrogen) atoms. The summed E-state index contributed by atoms with van der Waals surface area (Å²) in [5.41, 5.74) is 2.93. The molecule has 7 nitrogen and oxygen atoms in total. The number of benzene rings is 2. The standard InChI is InChI=1S/C21H16F3N5O2S/c1-13-2-4-14(5-3-13)20-27-26-17-10-11-19(28-29(17)20)32-12-18(30)25-15-6-8-16(9-7-15)31-21(22,23)24/h2-11H,12H2,1H3,(H,25,30). The molecule has 4 aromatic rings. The van der Waals surface area contributed by atoms with Crippen molar-refractivity contribution in [2.45, 2.75) is 18.3 Å². The van der Waals surface area contributed by atoms with Crippen LogP contribution in [0.5, 0.6) is 5.75 Å². The third-order valence-electron chi connectivity index (χ3n) is 4.27. The lowest BCUT2D eigenvalue weighted by atomic mass is 10.1. The van der Waals surface area contributed by atoms with Gasteiger partial charge in [0.1, 0.15) is 10.8 Å². The number of rotatable bonds is 6. The van der Waals surface area contributed by atoms with Gasteiger partial charge < -0.3 is 10.1 Å². The van der Waals surface area contributed by atoms with Gasteiger partial charge in [-0.25, -0.2) is 0 Å². The number of hydrogen-bond donors (Lipinski definition) is 1. The molecule has 0 atom stereocenters. The smallest absolute Gasteiger partial charge is 0.406 e. The van der Waals surface area contributed by atoms with Crippen LogP contribution in [0.25, 0.3) is 17.0 Å². The number of amides is 1. The van der Waals surface area contributed by atoms with E-state index < -0.39 is 6.36 Å². The van der Waals surface area contributed by atoms with Crippen molar-refractivity contribution < 1.29 is 22.7 Å². The third kappa shape index (κ3) is 5.35. The van der Waals surface area contributed by atoms with Gasteiger partial charge in [0.05, 0.1) is 5.75 Å². The summed E-state index contributed by atoms with van der Waals surface area (Å²) in [5, 5.41) is 16.0. The van der Waals surface area contributed by atoms with Crippen LogP contribution in [0.4, 0.5) is 18.9 Å². The first-order valence-corrected chi connectivity index (χ1v) is 10.3. The Bertz CT molecular complexity index is 1240. The van der Waals surface area contributed by atoms with E-state index in [-0.39, 0.29) is 17.4 Å². The highest BCUT2D eigenvalue weighted by molar-refractivity contribution is 7.99. The molecule has 0 saturated carbocycles. The van der Waals surface area contributed by atoms with Crippen molar-refractivity contribution in [1.82, 2.24) is 19.8 Å². The molecule has 1 amide bonds. The molecule has 2 aromatic heterocycles. The number of nitrogens with one attached hydrogen (secondary N) is 1. The van der Waals surface area contributed by atoms with Crippen LogP contribution in [0.1, 0.15) is 5.56 Å². The molecule has 0 aliphatic carbocycles. The molecule has 2 heterocycles. The Morgan fingerprint density at radius 2 is 1.75 bits per heavy atom. The third-order valence-corrected chi connectivity index (χ3v) is 5.19. The number of halogens is 3. The predicted molar refractivity (Wildman–Crippen MR) is 113 cm³/mol. The minimum atomic E-state index is -4.76. The fourth-order valence-electron chi connectivity index (χ4n) is 2.81. The Morgan fingerprint density at radius 1 is 1.03 bits per heavy atom. The number of thioether (sulfide) groups is 1. The molecule has 2 aromatic carbocycles. The van der Waals surface area contributed by atoms with E-state index in [9.17, 15) is 18.0 Å². The minimum Gasteiger partial charge on any atom is -0.406 e. The number of anilines is 1. The van der Waals surface area contributed by atoms with Crippen molar-refractivity contribution in [2.75, 3.05) is 11.1 Å². The maximum absolute atomic E-state index is 12.2. The van der Waals surface area contributed by atoms with Crippen LogP contribution in [0.3, 0.4) is 0 Å². The summed E-state index contributed by atoms with van der Waals surface area (Å²) in [7, 11) is 0. The Morgan fingerprint density at radius 3 is 2.44 bits per heavy atom. The molecule has 0 aliphatic heterocycles. The zero-order valence-corrected chi connectivity index (χ0v) is 17.4. The maximum atomic E-state index is 12.2. The molecular weight excluding hydrogens is 443 g/mol. The molecule has 0 radical (unpaired) electrons. The van der Waals surface area contributed by atoms with Crippen LogP contribution in [0.2, 0.25) is 0 Å². The lowest BCUT2D eigenvalue weighted by Crippen LogP contribution is -2.17. The average molecular weight is 459 g/mol. The van der Waals surface area contributed by atoms with Gasteiger partial charge >= 0.3 is 6.36 Å². The Kier molecular flexibility index (Phi) is 5.99. The first-order chi connectivity index (χ1) is 15.3. The van der Waals surface area contributed by atoms with E-state index >= 15 is 0 Å². The van der Waals surface area contributed by atoms with Crippen LogP contribution in [-0.2, 0) is 4.79 Å². The van der Waals surface area contributed by atoms with Gasteiger partial charge in [-0.2, -0.15) is 9.61 Å². The van der Waals surface area contributed by atoms with E-state index in [2.05, 4.69) is 25.3 Å².